The van der Waals surface area contributed by atoms with Crippen LogP contribution in [0, 0.1) is 11.3 Å². The number of benzene rings is 2. The summed E-state index contributed by atoms with van der Waals surface area (Å²) in [5, 5.41) is 1.43. The Morgan fingerprint density at radius 2 is 1.79 bits per heavy atom. The molecule has 4 heteroatoms. The molecule has 2 nitrogen and oxygen atoms in total. The first kappa shape index (κ1) is 25.8. The first-order chi connectivity index (χ1) is 15.7. The number of carbonyl (C=O) groups is 1. The number of piperidine rings is 1. The topological polar surface area (TPSA) is 20.3 Å². The van der Waals surface area contributed by atoms with E-state index in [1.807, 2.05) is 30.3 Å². The summed E-state index contributed by atoms with van der Waals surface area (Å²) in [6.45, 7) is 12.8. The van der Waals surface area contributed by atoms with Crippen LogP contribution in [0.25, 0.3) is 0 Å². The Hall–Kier alpha value is -1.77. The van der Waals surface area contributed by atoms with Crippen molar-refractivity contribution in [3.05, 3.63) is 82.4 Å². The van der Waals surface area contributed by atoms with Gasteiger partial charge >= 0.3 is 0 Å². The van der Waals surface area contributed by atoms with Crippen molar-refractivity contribution < 1.29 is 4.79 Å². The van der Waals surface area contributed by atoms with Crippen LogP contribution in [-0.4, -0.2) is 16.8 Å². The summed E-state index contributed by atoms with van der Waals surface area (Å²) in [6.07, 6.45) is 6.32. The number of allylic oxidation sites excluding steroid dienone is 1. The van der Waals surface area contributed by atoms with E-state index in [9.17, 15) is 4.79 Å². The molecule has 2 aromatic carbocycles. The van der Waals surface area contributed by atoms with Crippen molar-refractivity contribution in [1.82, 2.24) is 4.90 Å². The molecule has 4 atom stereocenters. The lowest BCUT2D eigenvalue weighted by Gasteiger charge is -2.52. The zero-order valence-electron chi connectivity index (χ0n) is 20.4. The summed E-state index contributed by atoms with van der Waals surface area (Å²) in [5.74, 6) is 0.952. The Labute approximate surface area is 210 Å². The number of halogens is 2. The fourth-order valence-corrected chi connectivity index (χ4v) is 5.68. The Morgan fingerprint density at radius 1 is 1.09 bits per heavy atom. The lowest BCUT2D eigenvalue weighted by Crippen LogP contribution is -2.55. The molecule has 0 saturated carbocycles. The second kappa shape index (κ2) is 11.1. The minimum atomic E-state index is -0.497. The highest BCUT2D eigenvalue weighted by molar-refractivity contribution is 6.30. The van der Waals surface area contributed by atoms with Crippen LogP contribution < -0.4 is 0 Å². The number of rotatable bonds is 9. The van der Waals surface area contributed by atoms with Crippen molar-refractivity contribution in [2.45, 2.75) is 77.8 Å². The molecule has 1 fully saturated rings. The van der Waals surface area contributed by atoms with Crippen molar-refractivity contribution in [3.63, 3.8) is 0 Å². The number of amides is 1. The van der Waals surface area contributed by atoms with Gasteiger partial charge in [0.05, 0.1) is 11.5 Å². The lowest BCUT2D eigenvalue weighted by atomic mass is 9.67. The predicted octanol–water partition coefficient (Wildman–Crippen LogP) is 8.85. The van der Waals surface area contributed by atoms with Gasteiger partial charge in [0.1, 0.15) is 0 Å². The Bertz CT molecular complexity index is 954. The van der Waals surface area contributed by atoms with Crippen LogP contribution in [-0.2, 0) is 4.79 Å². The lowest BCUT2D eigenvalue weighted by molar-refractivity contribution is -0.155. The summed E-state index contributed by atoms with van der Waals surface area (Å²) < 4.78 is 0. The molecule has 0 N–H and O–H groups in total. The molecule has 0 unspecified atom stereocenters. The molecule has 2 aromatic rings. The molecule has 1 amide bonds. The van der Waals surface area contributed by atoms with Gasteiger partial charge in [0.2, 0.25) is 5.91 Å². The third kappa shape index (κ3) is 5.84. The van der Waals surface area contributed by atoms with Gasteiger partial charge in [-0.25, -0.2) is 0 Å². The summed E-state index contributed by atoms with van der Waals surface area (Å²) in [5.41, 5.74) is 1.80. The van der Waals surface area contributed by atoms with Crippen molar-refractivity contribution >= 4 is 29.1 Å². The number of carbonyl (C=O) groups excluding carboxylic acids is 1. The Balaban J connectivity index is 2.19. The van der Waals surface area contributed by atoms with Crippen LogP contribution in [0.1, 0.15) is 82.9 Å². The van der Waals surface area contributed by atoms with E-state index in [4.69, 9.17) is 23.2 Å². The number of hydrogen-bond donors (Lipinski definition) is 0. The van der Waals surface area contributed by atoms with Crippen LogP contribution in [0.2, 0.25) is 10.0 Å². The Morgan fingerprint density at radius 3 is 2.36 bits per heavy atom. The summed E-state index contributed by atoms with van der Waals surface area (Å²) in [7, 11) is 0. The SMILES string of the molecule is C=CC[C@@]1(C)C[C@H](c2cccc(Cl)c2)[C@@H](c2ccc(Cl)cc2)N([C@@H](CC)CCC(C)C)C1=O. The van der Waals surface area contributed by atoms with Crippen LogP contribution in [0.15, 0.2) is 61.2 Å². The fraction of sp³-hybridized carbons (Fsp3) is 0.483. The molecular weight excluding hydrogens is 449 g/mol. The van der Waals surface area contributed by atoms with Crippen molar-refractivity contribution in [3.8, 4) is 0 Å². The summed E-state index contributed by atoms with van der Waals surface area (Å²) in [6, 6.07) is 16.3. The molecule has 1 heterocycles. The van der Waals surface area contributed by atoms with Gasteiger partial charge < -0.3 is 4.90 Å². The Kier molecular flexibility index (Phi) is 8.70. The predicted molar refractivity (Wildman–Crippen MR) is 141 cm³/mol. The summed E-state index contributed by atoms with van der Waals surface area (Å²) in [4.78, 5) is 16.4. The minimum Gasteiger partial charge on any atom is -0.332 e. The van der Waals surface area contributed by atoms with Gasteiger partial charge in [0, 0.05) is 22.0 Å². The van der Waals surface area contributed by atoms with E-state index in [1.54, 1.807) is 0 Å². The third-order valence-corrected chi connectivity index (χ3v) is 7.61. The molecule has 0 bridgehead atoms. The molecule has 0 spiro atoms. The second-order valence-corrected chi connectivity index (χ2v) is 11.0. The number of likely N-dealkylation sites (tertiary alicyclic amines) is 1. The average Bonchev–Trinajstić information content (AvgIpc) is 2.77. The van der Waals surface area contributed by atoms with Crippen LogP contribution in [0.3, 0.4) is 0 Å². The second-order valence-electron chi connectivity index (χ2n) is 10.2. The van der Waals surface area contributed by atoms with Gasteiger partial charge in [0.15, 0.2) is 0 Å². The molecule has 0 aromatic heterocycles. The largest absolute Gasteiger partial charge is 0.332 e. The smallest absolute Gasteiger partial charge is 0.229 e. The highest BCUT2D eigenvalue weighted by atomic mass is 35.5. The normalized spacial score (nSPS) is 24.2. The van der Waals surface area contributed by atoms with Crippen LogP contribution in [0.4, 0.5) is 0 Å². The first-order valence-electron chi connectivity index (χ1n) is 12.1. The summed E-state index contributed by atoms with van der Waals surface area (Å²) >= 11 is 12.7. The maximum absolute atomic E-state index is 14.2. The van der Waals surface area contributed by atoms with Gasteiger partial charge in [-0.05, 0) is 73.4 Å². The monoisotopic (exact) mass is 485 g/mol. The number of nitrogens with zero attached hydrogens (tertiary/aromatic N) is 1. The molecule has 33 heavy (non-hydrogen) atoms. The highest BCUT2D eigenvalue weighted by Crippen LogP contribution is 2.52. The molecule has 0 radical (unpaired) electrons. The fourth-order valence-electron chi connectivity index (χ4n) is 5.35. The van der Waals surface area contributed by atoms with Gasteiger partial charge in [-0.2, -0.15) is 0 Å². The van der Waals surface area contributed by atoms with E-state index >= 15 is 0 Å². The molecule has 178 valence electrons. The van der Waals surface area contributed by atoms with Crippen LogP contribution >= 0.6 is 23.2 Å². The maximum Gasteiger partial charge on any atom is 0.229 e. The van der Waals surface area contributed by atoms with Gasteiger partial charge in [-0.3, -0.25) is 4.79 Å². The van der Waals surface area contributed by atoms with Crippen molar-refractivity contribution in [2.24, 2.45) is 11.3 Å². The molecule has 1 saturated heterocycles. The maximum atomic E-state index is 14.2. The first-order valence-corrected chi connectivity index (χ1v) is 12.9. The highest BCUT2D eigenvalue weighted by Gasteiger charge is 2.50. The van der Waals surface area contributed by atoms with E-state index in [1.165, 1.54) is 5.56 Å². The number of hydrogen-bond acceptors (Lipinski definition) is 1. The van der Waals surface area contributed by atoms with Crippen molar-refractivity contribution in [2.75, 3.05) is 0 Å². The average molecular weight is 487 g/mol. The molecule has 1 aliphatic heterocycles. The van der Waals surface area contributed by atoms with E-state index in [0.29, 0.717) is 17.4 Å². The minimum absolute atomic E-state index is 0.0664. The van der Waals surface area contributed by atoms with Gasteiger partial charge in [0.25, 0.3) is 0 Å². The zero-order valence-corrected chi connectivity index (χ0v) is 21.9. The van der Waals surface area contributed by atoms with E-state index in [0.717, 1.165) is 36.3 Å². The molecule has 3 rings (SSSR count). The zero-order chi connectivity index (χ0) is 24.2. The van der Waals surface area contributed by atoms with Crippen molar-refractivity contribution in [1.29, 1.82) is 0 Å². The molecular formula is C29H37Cl2NO. The third-order valence-electron chi connectivity index (χ3n) is 7.13. The standard InChI is InChI=1S/C29H37Cl2NO/c1-6-17-29(5)19-26(22-9-8-10-24(31)18-22)27(21-12-14-23(30)15-13-21)32(28(29)33)25(7-2)16-11-20(3)4/h6,8-10,12-15,18,20,25-27H,1,7,11,16-17,19H2,2-5H3/t25-,26+,27+,29-/m0/s1. The molecule has 1 aliphatic rings. The van der Waals surface area contributed by atoms with Gasteiger partial charge in [-0.1, -0.05) is 81.2 Å². The van der Waals surface area contributed by atoms with E-state index in [2.05, 4.69) is 63.4 Å². The quantitative estimate of drug-likeness (QED) is 0.324. The van der Waals surface area contributed by atoms with Crippen LogP contribution in [0.5, 0.6) is 0 Å². The van der Waals surface area contributed by atoms with E-state index in [-0.39, 0.29) is 23.9 Å². The van der Waals surface area contributed by atoms with Gasteiger partial charge in [-0.15, -0.1) is 6.58 Å². The molecule has 0 aliphatic carbocycles. The van der Waals surface area contributed by atoms with E-state index < -0.39 is 5.41 Å².